The van der Waals surface area contributed by atoms with Crippen LogP contribution >= 0.6 is 24.8 Å². The molecule has 1 aliphatic rings. The van der Waals surface area contributed by atoms with E-state index in [1.165, 1.54) is 0 Å². The lowest BCUT2D eigenvalue weighted by atomic mass is 9.81. The van der Waals surface area contributed by atoms with E-state index < -0.39 is 0 Å². The number of carbonyl (C=O) groups is 1. The molecule has 0 aliphatic heterocycles. The number of aromatic nitrogens is 4. The summed E-state index contributed by atoms with van der Waals surface area (Å²) in [7, 11) is 1.60. The predicted octanol–water partition coefficient (Wildman–Crippen LogP) is 6.06. The SMILES string of the molecule is COc1cccc(Cn2cc(CN(C(=O)C3CCCc4c(O)cccc43)c3ccc(C(C)C)nc3)cn2)n1.Cl.Cl. The highest BCUT2D eigenvalue weighted by atomic mass is 35.5. The Morgan fingerprint density at radius 1 is 1.12 bits per heavy atom. The van der Waals surface area contributed by atoms with Gasteiger partial charge in [0.15, 0.2) is 0 Å². The first kappa shape index (κ1) is 30.9. The van der Waals surface area contributed by atoms with Gasteiger partial charge in [0.05, 0.1) is 49.9 Å². The molecule has 1 N–H and O–H groups in total. The zero-order valence-corrected chi connectivity index (χ0v) is 24.5. The molecule has 0 fully saturated rings. The predicted molar refractivity (Wildman–Crippen MR) is 160 cm³/mol. The summed E-state index contributed by atoms with van der Waals surface area (Å²) in [6, 6.07) is 15.1. The fraction of sp³-hybridized carbons (Fsp3) is 0.333. The normalized spacial score (nSPS) is 14.1. The number of phenolic OH excluding ortho intramolecular Hbond substituents is 1. The molecule has 8 nitrogen and oxygen atoms in total. The van der Waals surface area contributed by atoms with Gasteiger partial charge in [-0.25, -0.2) is 4.98 Å². The Bertz CT molecular complexity index is 1430. The van der Waals surface area contributed by atoms with E-state index in [9.17, 15) is 9.90 Å². The van der Waals surface area contributed by atoms with Crippen LogP contribution in [0.3, 0.4) is 0 Å². The third-order valence-corrected chi connectivity index (χ3v) is 7.06. The summed E-state index contributed by atoms with van der Waals surface area (Å²) >= 11 is 0. The Morgan fingerprint density at radius 3 is 2.65 bits per heavy atom. The van der Waals surface area contributed by atoms with E-state index in [1.807, 2.05) is 53.3 Å². The van der Waals surface area contributed by atoms with Gasteiger partial charge in [-0.3, -0.25) is 14.5 Å². The number of hydrogen-bond acceptors (Lipinski definition) is 6. The molecule has 3 heterocycles. The summed E-state index contributed by atoms with van der Waals surface area (Å²) in [4.78, 5) is 25.0. The zero-order chi connectivity index (χ0) is 26.6. The molecule has 0 spiro atoms. The number of phenols is 1. The standard InChI is InChI=1S/C30H33N5O3.2ClH/c1-20(2)27-14-13-23(16-31-27)35(30(37)26-10-5-9-25-24(26)8-6-11-28(25)36)18-21-15-32-34(17-21)19-22-7-4-12-29(33-22)38-3;;/h4,6-8,11-17,20,26,36H,5,9-10,18-19H2,1-3H3;2*1H. The fourth-order valence-corrected chi connectivity index (χ4v) is 5.05. The number of nitrogens with zero attached hydrogens (tertiary/aromatic N) is 5. The van der Waals surface area contributed by atoms with Crippen molar-refractivity contribution in [1.29, 1.82) is 0 Å². The third-order valence-electron chi connectivity index (χ3n) is 7.06. The number of hydrogen-bond donors (Lipinski definition) is 1. The van der Waals surface area contributed by atoms with Gasteiger partial charge in [0.2, 0.25) is 11.8 Å². The highest BCUT2D eigenvalue weighted by molar-refractivity contribution is 5.98. The molecule has 212 valence electrons. The number of fused-ring (bicyclic) bond motifs is 1. The number of carbonyl (C=O) groups excluding carboxylic acids is 1. The highest BCUT2D eigenvalue weighted by Crippen LogP contribution is 2.38. The Kier molecular flexibility index (Phi) is 10.5. The Labute approximate surface area is 247 Å². The van der Waals surface area contributed by atoms with Gasteiger partial charge in [-0.05, 0) is 60.6 Å². The van der Waals surface area contributed by atoms with E-state index in [0.29, 0.717) is 24.9 Å². The molecule has 0 radical (unpaired) electrons. The van der Waals surface area contributed by atoms with E-state index in [2.05, 4.69) is 28.9 Å². The van der Waals surface area contributed by atoms with Crippen molar-refractivity contribution in [3.63, 3.8) is 0 Å². The van der Waals surface area contributed by atoms with Crippen LogP contribution < -0.4 is 9.64 Å². The molecule has 40 heavy (non-hydrogen) atoms. The molecule has 10 heteroatoms. The van der Waals surface area contributed by atoms with Gasteiger partial charge in [-0.2, -0.15) is 5.10 Å². The van der Waals surface area contributed by atoms with Crippen LogP contribution in [0.15, 0.2) is 67.1 Å². The molecule has 1 unspecified atom stereocenters. The fourth-order valence-electron chi connectivity index (χ4n) is 5.05. The number of rotatable bonds is 8. The number of halogens is 2. The molecule has 4 aromatic rings. The van der Waals surface area contributed by atoms with Gasteiger partial charge in [0.25, 0.3) is 0 Å². The van der Waals surface area contributed by atoms with Crippen molar-refractivity contribution in [3.8, 4) is 11.6 Å². The van der Waals surface area contributed by atoms with Crippen molar-refractivity contribution in [3.05, 3.63) is 95.2 Å². The van der Waals surface area contributed by atoms with Crippen LogP contribution in [0.2, 0.25) is 0 Å². The zero-order valence-electron chi connectivity index (χ0n) is 22.9. The molecule has 0 saturated carbocycles. The summed E-state index contributed by atoms with van der Waals surface area (Å²) < 4.78 is 7.05. The number of methoxy groups -OCH3 is 1. The summed E-state index contributed by atoms with van der Waals surface area (Å²) in [5, 5.41) is 14.9. The number of benzene rings is 1. The molecule has 1 amide bonds. The molecule has 0 bridgehead atoms. The lowest BCUT2D eigenvalue weighted by molar-refractivity contribution is -0.120. The Balaban J connectivity index is 0.00000220. The molecule has 1 aromatic carbocycles. The van der Waals surface area contributed by atoms with Crippen molar-refractivity contribution in [1.82, 2.24) is 19.7 Å². The maximum absolute atomic E-state index is 14.1. The smallest absolute Gasteiger partial charge is 0.234 e. The van der Waals surface area contributed by atoms with Gasteiger partial charge in [0.1, 0.15) is 5.75 Å². The van der Waals surface area contributed by atoms with Crippen LogP contribution in [0.1, 0.15) is 66.6 Å². The minimum Gasteiger partial charge on any atom is -0.508 e. The van der Waals surface area contributed by atoms with Crippen LogP contribution in [-0.4, -0.2) is 37.9 Å². The van der Waals surface area contributed by atoms with Crippen LogP contribution in [0, 0.1) is 0 Å². The molecular weight excluding hydrogens is 549 g/mol. The summed E-state index contributed by atoms with van der Waals surface area (Å²) in [5.41, 5.74) is 5.25. The molecule has 5 rings (SSSR count). The average molecular weight is 585 g/mol. The summed E-state index contributed by atoms with van der Waals surface area (Å²) in [5.74, 6) is 0.791. The van der Waals surface area contributed by atoms with Gasteiger partial charge in [-0.15, -0.1) is 24.8 Å². The van der Waals surface area contributed by atoms with Crippen molar-refractivity contribution >= 4 is 36.4 Å². The first-order valence-electron chi connectivity index (χ1n) is 13.0. The van der Waals surface area contributed by atoms with Gasteiger partial charge in [0, 0.05) is 23.5 Å². The second-order valence-electron chi connectivity index (χ2n) is 10.0. The van der Waals surface area contributed by atoms with Crippen molar-refractivity contribution in [2.45, 2.75) is 58.0 Å². The molecular formula is C30H35Cl2N5O3. The molecule has 1 atom stereocenters. The molecule has 3 aromatic heterocycles. The quantitative estimate of drug-likeness (QED) is 0.271. The van der Waals surface area contributed by atoms with Crippen molar-refractivity contribution < 1.29 is 14.6 Å². The van der Waals surface area contributed by atoms with E-state index in [-0.39, 0.29) is 42.4 Å². The van der Waals surface area contributed by atoms with E-state index in [0.717, 1.165) is 53.0 Å². The summed E-state index contributed by atoms with van der Waals surface area (Å²) in [6.07, 6.45) is 7.88. The lowest BCUT2D eigenvalue weighted by Crippen LogP contribution is -2.36. The second kappa shape index (κ2) is 13.6. The van der Waals surface area contributed by atoms with E-state index in [1.54, 1.807) is 30.5 Å². The van der Waals surface area contributed by atoms with Crippen LogP contribution in [0.25, 0.3) is 0 Å². The Hall–Kier alpha value is -3.62. The first-order chi connectivity index (χ1) is 18.4. The largest absolute Gasteiger partial charge is 0.508 e. The molecule has 1 aliphatic carbocycles. The lowest BCUT2D eigenvalue weighted by Gasteiger charge is -2.31. The monoisotopic (exact) mass is 583 g/mol. The number of amides is 1. The van der Waals surface area contributed by atoms with Crippen LogP contribution in [-0.2, 0) is 24.3 Å². The van der Waals surface area contributed by atoms with Gasteiger partial charge in [-0.1, -0.05) is 32.0 Å². The highest BCUT2D eigenvalue weighted by Gasteiger charge is 2.32. The van der Waals surface area contributed by atoms with Crippen LogP contribution in [0.5, 0.6) is 11.6 Å². The maximum atomic E-state index is 14.1. The topological polar surface area (TPSA) is 93.4 Å². The second-order valence-corrected chi connectivity index (χ2v) is 10.0. The summed E-state index contributed by atoms with van der Waals surface area (Å²) in [6.45, 7) is 5.05. The van der Waals surface area contributed by atoms with E-state index in [4.69, 9.17) is 4.74 Å². The number of ether oxygens (including phenoxy) is 1. The molecule has 0 saturated heterocycles. The number of pyridine rings is 2. The van der Waals surface area contributed by atoms with E-state index >= 15 is 0 Å². The van der Waals surface area contributed by atoms with Crippen molar-refractivity contribution in [2.75, 3.05) is 12.0 Å². The van der Waals surface area contributed by atoms with Gasteiger partial charge >= 0.3 is 0 Å². The first-order valence-corrected chi connectivity index (χ1v) is 13.0. The maximum Gasteiger partial charge on any atom is 0.234 e. The Morgan fingerprint density at radius 2 is 1.93 bits per heavy atom. The van der Waals surface area contributed by atoms with Gasteiger partial charge < -0.3 is 14.7 Å². The minimum absolute atomic E-state index is 0. The van der Waals surface area contributed by atoms with Crippen LogP contribution in [0.4, 0.5) is 5.69 Å². The number of aromatic hydroxyl groups is 1. The third kappa shape index (κ3) is 6.74. The minimum atomic E-state index is -0.327. The average Bonchev–Trinajstić information content (AvgIpc) is 3.38. The van der Waals surface area contributed by atoms with Crippen molar-refractivity contribution in [2.24, 2.45) is 0 Å². The number of anilines is 1.